The third-order valence-corrected chi connectivity index (χ3v) is 5.56. The van der Waals surface area contributed by atoms with Gasteiger partial charge >= 0.3 is 0 Å². The summed E-state index contributed by atoms with van der Waals surface area (Å²) in [5.41, 5.74) is 0.255. The van der Waals surface area contributed by atoms with Gasteiger partial charge in [-0.3, -0.25) is 4.79 Å². The van der Waals surface area contributed by atoms with Crippen LogP contribution in [0.4, 0.5) is 10.1 Å². The Morgan fingerprint density at radius 3 is 2.78 bits per heavy atom. The second-order valence-electron chi connectivity index (χ2n) is 8.50. The number of nitrogens with one attached hydrogen (secondary N) is 2. The molecule has 9 nitrogen and oxygen atoms in total. The molecule has 1 atom stereocenters. The molecule has 1 aliphatic rings. The minimum atomic E-state index is -1.61. The van der Waals surface area contributed by atoms with Gasteiger partial charge in [-0.2, -0.15) is 15.0 Å². The van der Waals surface area contributed by atoms with Crippen molar-refractivity contribution in [1.29, 1.82) is 5.26 Å². The fraction of sp³-hybridized carbons (Fsp3) is 0.409. The van der Waals surface area contributed by atoms with Crippen molar-refractivity contribution >= 4 is 22.6 Å². The molecule has 1 saturated carbocycles. The summed E-state index contributed by atoms with van der Waals surface area (Å²) in [7, 11) is 0. The molecule has 0 spiro atoms. The number of nitriles is 1. The van der Waals surface area contributed by atoms with Crippen LogP contribution < -0.4 is 10.6 Å². The van der Waals surface area contributed by atoms with Crippen LogP contribution in [0.15, 0.2) is 30.7 Å². The lowest BCUT2D eigenvalue weighted by Gasteiger charge is -2.28. The van der Waals surface area contributed by atoms with Crippen molar-refractivity contribution in [3.05, 3.63) is 41.9 Å². The number of carbonyl (C=O) groups excluding carboxylic acids is 1. The van der Waals surface area contributed by atoms with E-state index in [2.05, 4.69) is 25.7 Å². The molecule has 166 valence electrons. The molecule has 3 heterocycles. The SMILES string of the molecule is CC(C)(O)[C@H](F)CNC(=O)c1cnc(-n2ncc3cc(C#N)cnc32)cc1NC1CCC1. The number of nitrogens with zero attached hydrogens (tertiary/aromatic N) is 5. The molecule has 0 radical (unpaired) electrons. The van der Waals surface area contributed by atoms with E-state index in [-0.39, 0.29) is 18.2 Å². The Morgan fingerprint density at radius 1 is 1.34 bits per heavy atom. The van der Waals surface area contributed by atoms with Gasteiger partial charge in [0.05, 0.1) is 35.2 Å². The molecule has 0 aromatic carbocycles. The monoisotopic (exact) mass is 437 g/mol. The zero-order valence-corrected chi connectivity index (χ0v) is 17.8. The molecular weight excluding hydrogens is 413 g/mol. The topological polar surface area (TPSA) is 129 Å². The fourth-order valence-corrected chi connectivity index (χ4v) is 3.31. The van der Waals surface area contributed by atoms with Crippen LogP contribution in [-0.2, 0) is 0 Å². The van der Waals surface area contributed by atoms with Crippen LogP contribution in [0.2, 0.25) is 0 Å². The van der Waals surface area contributed by atoms with Gasteiger partial charge in [0.2, 0.25) is 0 Å². The quantitative estimate of drug-likeness (QED) is 0.518. The minimum Gasteiger partial charge on any atom is -0.387 e. The first-order valence-corrected chi connectivity index (χ1v) is 10.4. The molecule has 0 unspecified atom stereocenters. The first-order valence-electron chi connectivity index (χ1n) is 10.4. The first kappa shape index (κ1) is 21.6. The van der Waals surface area contributed by atoms with Gasteiger partial charge in [0.15, 0.2) is 11.5 Å². The van der Waals surface area contributed by atoms with Gasteiger partial charge in [-0.15, -0.1) is 0 Å². The van der Waals surface area contributed by atoms with Crippen molar-refractivity contribution in [3.63, 3.8) is 0 Å². The zero-order chi connectivity index (χ0) is 22.9. The zero-order valence-electron chi connectivity index (χ0n) is 17.8. The summed E-state index contributed by atoms with van der Waals surface area (Å²) in [6, 6.07) is 5.69. The van der Waals surface area contributed by atoms with E-state index in [9.17, 15) is 14.3 Å². The number of anilines is 1. The highest BCUT2D eigenvalue weighted by atomic mass is 19.1. The second-order valence-corrected chi connectivity index (χ2v) is 8.50. The minimum absolute atomic E-state index is 0.243. The summed E-state index contributed by atoms with van der Waals surface area (Å²) in [6.45, 7) is 2.39. The van der Waals surface area contributed by atoms with Crippen LogP contribution in [0.3, 0.4) is 0 Å². The predicted octanol–water partition coefficient (Wildman–Crippen LogP) is 2.49. The largest absolute Gasteiger partial charge is 0.387 e. The van der Waals surface area contributed by atoms with E-state index in [1.54, 1.807) is 18.3 Å². The summed E-state index contributed by atoms with van der Waals surface area (Å²) in [5.74, 6) is -0.0321. The Hall–Kier alpha value is -3.58. The smallest absolute Gasteiger partial charge is 0.255 e. The van der Waals surface area contributed by atoms with E-state index >= 15 is 0 Å². The van der Waals surface area contributed by atoms with Crippen molar-refractivity contribution in [3.8, 4) is 11.9 Å². The number of aliphatic hydroxyl groups is 1. The van der Waals surface area contributed by atoms with Gasteiger partial charge in [-0.25, -0.2) is 14.4 Å². The van der Waals surface area contributed by atoms with Gasteiger partial charge in [-0.05, 0) is 39.2 Å². The average Bonchev–Trinajstić information content (AvgIpc) is 3.16. The maximum Gasteiger partial charge on any atom is 0.255 e. The molecule has 0 saturated heterocycles. The first-order chi connectivity index (χ1) is 15.3. The standard InChI is InChI=1S/C22H24FN7O2/c1-22(2,32)18(23)12-27-21(31)16-11-25-19(7-17(16)29-15-4-3-5-15)30-20-14(10-28-30)6-13(8-24)9-26-20/h6-7,9-11,15,18,32H,3-5,12H2,1-2H3,(H,25,29)(H,27,31)/t18-/m1/s1. The van der Waals surface area contributed by atoms with Gasteiger partial charge in [0, 0.05) is 29.9 Å². The van der Waals surface area contributed by atoms with Crippen LogP contribution in [0, 0.1) is 11.3 Å². The molecule has 3 N–H and O–H groups in total. The van der Waals surface area contributed by atoms with Crippen LogP contribution >= 0.6 is 0 Å². The number of amides is 1. The van der Waals surface area contributed by atoms with Crippen molar-refractivity contribution in [2.45, 2.75) is 50.9 Å². The Morgan fingerprint density at radius 2 is 2.12 bits per heavy atom. The summed E-state index contributed by atoms with van der Waals surface area (Å²) in [5, 5.41) is 29.7. The predicted molar refractivity (Wildman–Crippen MR) is 116 cm³/mol. The average molecular weight is 437 g/mol. The third kappa shape index (κ3) is 4.38. The molecular formula is C22H24FN7O2. The van der Waals surface area contributed by atoms with Crippen molar-refractivity contribution in [1.82, 2.24) is 25.1 Å². The molecule has 3 aromatic rings. The van der Waals surface area contributed by atoms with Crippen molar-refractivity contribution < 1.29 is 14.3 Å². The summed E-state index contributed by atoms with van der Waals surface area (Å²) in [6.07, 6.45) is 5.97. The fourth-order valence-electron chi connectivity index (χ4n) is 3.31. The lowest BCUT2D eigenvalue weighted by molar-refractivity contribution is -0.00177. The second kappa shape index (κ2) is 8.51. The lowest BCUT2D eigenvalue weighted by Crippen LogP contribution is -2.42. The maximum absolute atomic E-state index is 14.1. The van der Waals surface area contributed by atoms with Gasteiger partial charge in [-0.1, -0.05) is 0 Å². The number of halogens is 1. The van der Waals surface area contributed by atoms with Crippen molar-refractivity contribution in [2.24, 2.45) is 0 Å². The number of carbonyl (C=O) groups is 1. The van der Waals surface area contributed by atoms with E-state index in [0.717, 1.165) is 19.3 Å². The maximum atomic E-state index is 14.1. The van der Waals surface area contributed by atoms with E-state index in [1.807, 2.05) is 6.07 Å². The third-order valence-electron chi connectivity index (χ3n) is 5.56. The molecule has 1 aliphatic carbocycles. The molecule has 10 heteroatoms. The highest BCUT2D eigenvalue weighted by Crippen LogP contribution is 2.27. The summed E-state index contributed by atoms with van der Waals surface area (Å²) >= 11 is 0. The number of aromatic nitrogens is 4. The van der Waals surface area contributed by atoms with E-state index < -0.39 is 17.7 Å². The van der Waals surface area contributed by atoms with E-state index in [1.165, 1.54) is 30.9 Å². The van der Waals surface area contributed by atoms with E-state index in [0.29, 0.717) is 28.1 Å². The molecule has 1 fully saturated rings. The normalized spacial score (nSPS) is 15.1. The molecule has 0 aliphatic heterocycles. The van der Waals surface area contributed by atoms with Gasteiger partial charge in [0.1, 0.15) is 12.2 Å². The highest BCUT2D eigenvalue weighted by Gasteiger charge is 2.28. The summed E-state index contributed by atoms with van der Waals surface area (Å²) in [4.78, 5) is 21.4. The number of rotatable bonds is 7. The van der Waals surface area contributed by atoms with Gasteiger partial charge in [0.25, 0.3) is 5.91 Å². The van der Waals surface area contributed by atoms with Crippen LogP contribution in [-0.4, -0.2) is 55.1 Å². The molecule has 1 amide bonds. The highest BCUT2D eigenvalue weighted by molar-refractivity contribution is 5.99. The Bertz CT molecular complexity index is 1190. The Balaban J connectivity index is 1.64. The molecule has 4 rings (SSSR count). The number of hydrogen-bond donors (Lipinski definition) is 3. The van der Waals surface area contributed by atoms with Crippen molar-refractivity contribution in [2.75, 3.05) is 11.9 Å². The molecule has 0 bridgehead atoms. The summed E-state index contributed by atoms with van der Waals surface area (Å²) < 4.78 is 15.6. The Labute approximate surface area is 184 Å². The molecule has 32 heavy (non-hydrogen) atoms. The van der Waals surface area contributed by atoms with Crippen LogP contribution in [0.5, 0.6) is 0 Å². The van der Waals surface area contributed by atoms with E-state index in [4.69, 9.17) is 5.26 Å². The number of pyridine rings is 2. The van der Waals surface area contributed by atoms with Gasteiger partial charge < -0.3 is 15.7 Å². The number of hydrogen-bond acceptors (Lipinski definition) is 7. The Kier molecular flexibility index (Phi) is 5.76. The number of alkyl halides is 1. The van der Waals surface area contributed by atoms with Crippen LogP contribution in [0.25, 0.3) is 16.9 Å². The number of fused-ring (bicyclic) bond motifs is 1. The molecule has 3 aromatic heterocycles. The lowest BCUT2D eigenvalue weighted by atomic mass is 9.92. The van der Waals surface area contributed by atoms with Crippen LogP contribution in [0.1, 0.15) is 49.0 Å².